The monoisotopic (exact) mass is 353 g/mol. The second-order valence-electron chi connectivity index (χ2n) is 6.20. The number of halogens is 3. The molecule has 1 aliphatic heterocycles. The molecule has 1 fully saturated rings. The van der Waals surface area contributed by atoms with Gasteiger partial charge >= 0.3 is 6.36 Å². The summed E-state index contributed by atoms with van der Waals surface area (Å²) in [5.74, 6) is 0.0215. The van der Waals surface area contributed by atoms with Crippen molar-refractivity contribution < 1.29 is 17.9 Å². The first-order valence-electron chi connectivity index (χ1n) is 7.96. The van der Waals surface area contributed by atoms with E-state index in [2.05, 4.69) is 19.6 Å². The molecule has 2 aromatic rings. The van der Waals surface area contributed by atoms with Crippen molar-refractivity contribution in [1.29, 1.82) is 0 Å². The van der Waals surface area contributed by atoms with Gasteiger partial charge in [0.05, 0.1) is 5.69 Å². The summed E-state index contributed by atoms with van der Waals surface area (Å²) in [6, 6.07) is 6.89. The maximum atomic E-state index is 12.4. The topological polar surface area (TPSA) is 58.2 Å². The van der Waals surface area contributed by atoms with Crippen LogP contribution in [-0.2, 0) is 0 Å². The lowest BCUT2D eigenvalue weighted by Crippen LogP contribution is -2.31. The van der Waals surface area contributed by atoms with E-state index in [9.17, 15) is 18.0 Å². The number of aromatic nitrogens is 2. The minimum Gasteiger partial charge on any atom is -0.406 e. The molecule has 1 aliphatic rings. The number of rotatable bonds is 3. The van der Waals surface area contributed by atoms with Crippen LogP contribution in [0.1, 0.15) is 24.5 Å². The summed E-state index contributed by atoms with van der Waals surface area (Å²) in [5.41, 5.74) is 0.702. The van der Waals surface area contributed by atoms with Crippen LogP contribution < -0.4 is 10.3 Å². The summed E-state index contributed by atoms with van der Waals surface area (Å²) in [6.07, 6.45) is -2.83. The molecule has 1 saturated heterocycles. The van der Waals surface area contributed by atoms with Gasteiger partial charge in [0.2, 0.25) is 0 Å². The average Bonchev–Trinajstić information content (AvgIpc) is 2.53. The van der Waals surface area contributed by atoms with Crippen LogP contribution in [0.3, 0.4) is 0 Å². The molecule has 134 valence electrons. The lowest BCUT2D eigenvalue weighted by atomic mass is 9.95. The normalized spacial score (nSPS) is 19.0. The fourth-order valence-corrected chi connectivity index (χ4v) is 3.07. The summed E-state index contributed by atoms with van der Waals surface area (Å²) >= 11 is 0. The number of ether oxygens (including phenoxy) is 1. The second-order valence-corrected chi connectivity index (χ2v) is 6.20. The van der Waals surface area contributed by atoms with Gasteiger partial charge in [-0.1, -0.05) is 12.1 Å². The van der Waals surface area contributed by atoms with Gasteiger partial charge in [0.1, 0.15) is 11.6 Å². The smallest absolute Gasteiger partial charge is 0.406 e. The number of hydrogen-bond acceptors (Lipinski definition) is 4. The number of aromatic amines is 1. The summed E-state index contributed by atoms with van der Waals surface area (Å²) in [5, 5.41) is 0. The average molecular weight is 353 g/mol. The van der Waals surface area contributed by atoms with E-state index in [1.165, 1.54) is 24.3 Å². The van der Waals surface area contributed by atoms with Gasteiger partial charge in [-0.15, -0.1) is 13.2 Å². The number of likely N-dealkylation sites (N-methyl/N-ethyl adjacent to an activating group) is 1. The molecule has 0 aliphatic carbocycles. The Morgan fingerprint density at radius 3 is 2.84 bits per heavy atom. The number of likely N-dealkylation sites (tertiary alicyclic amines) is 1. The largest absolute Gasteiger partial charge is 0.573 e. The molecule has 0 amide bonds. The predicted molar refractivity (Wildman–Crippen MR) is 86.4 cm³/mol. The van der Waals surface area contributed by atoms with Gasteiger partial charge < -0.3 is 14.6 Å². The molecule has 0 spiro atoms. The Labute approximate surface area is 142 Å². The van der Waals surface area contributed by atoms with Gasteiger partial charge in [-0.25, -0.2) is 4.98 Å². The summed E-state index contributed by atoms with van der Waals surface area (Å²) in [6.45, 7) is 1.80. The number of nitrogens with one attached hydrogen (secondary N) is 1. The van der Waals surface area contributed by atoms with Gasteiger partial charge in [0, 0.05) is 24.1 Å². The Morgan fingerprint density at radius 1 is 1.32 bits per heavy atom. The van der Waals surface area contributed by atoms with E-state index < -0.39 is 6.36 Å². The Balaban J connectivity index is 1.92. The molecular weight excluding hydrogens is 335 g/mol. The van der Waals surface area contributed by atoms with E-state index >= 15 is 0 Å². The summed E-state index contributed by atoms with van der Waals surface area (Å²) in [4.78, 5) is 21.2. The molecule has 8 heteroatoms. The zero-order valence-electron chi connectivity index (χ0n) is 13.6. The van der Waals surface area contributed by atoms with Crippen molar-refractivity contribution in [2.75, 3.05) is 20.1 Å². The summed E-state index contributed by atoms with van der Waals surface area (Å²) in [7, 11) is 2.01. The van der Waals surface area contributed by atoms with Crippen LogP contribution in [0.2, 0.25) is 0 Å². The molecule has 1 N–H and O–H groups in total. The molecule has 0 bridgehead atoms. The van der Waals surface area contributed by atoms with Crippen molar-refractivity contribution in [2.45, 2.75) is 25.1 Å². The molecule has 0 radical (unpaired) electrons. The molecule has 0 saturated carbocycles. The van der Waals surface area contributed by atoms with Crippen molar-refractivity contribution in [3.05, 3.63) is 46.4 Å². The lowest BCUT2D eigenvalue weighted by Gasteiger charge is -2.29. The number of hydrogen-bond donors (Lipinski definition) is 1. The van der Waals surface area contributed by atoms with Crippen molar-refractivity contribution in [3.8, 4) is 17.1 Å². The van der Waals surface area contributed by atoms with Crippen LogP contribution >= 0.6 is 0 Å². The lowest BCUT2D eigenvalue weighted by molar-refractivity contribution is -0.274. The Bertz CT molecular complexity index is 804. The van der Waals surface area contributed by atoms with E-state index in [4.69, 9.17) is 0 Å². The highest BCUT2D eigenvalue weighted by Gasteiger charge is 2.31. The minimum absolute atomic E-state index is 0.134. The zero-order valence-corrected chi connectivity index (χ0v) is 13.6. The SMILES string of the molecule is CN1CCC[C@H](c2cc(=O)[nH]c(-c3cccc(OC(F)(F)F)c3)n2)C1. The number of alkyl halides is 3. The van der Waals surface area contributed by atoms with E-state index in [-0.39, 0.29) is 23.1 Å². The van der Waals surface area contributed by atoms with Crippen LogP contribution in [0.4, 0.5) is 13.2 Å². The third kappa shape index (κ3) is 4.60. The van der Waals surface area contributed by atoms with Crippen molar-refractivity contribution in [1.82, 2.24) is 14.9 Å². The Morgan fingerprint density at radius 2 is 2.12 bits per heavy atom. The molecule has 2 heterocycles. The van der Waals surface area contributed by atoms with E-state index in [0.29, 0.717) is 11.3 Å². The van der Waals surface area contributed by atoms with Crippen molar-refractivity contribution in [2.24, 2.45) is 0 Å². The fourth-order valence-electron chi connectivity index (χ4n) is 3.07. The maximum Gasteiger partial charge on any atom is 0.573 e. The highest BCUT2D eigenvalue weighted by molar-refractivity contribution is 5.57. The maximum absolute atomic E-state index is 12.4. The number of benzene rings is 1. The van der Waals surface area contributed by atoms with E-state index in [0.717, 1.165) is 25.9 Å². The third-order valence-electron chi connectivity index (χ3n) is 4.15. The molecule has 1 aromatic carbocycles. The van der Waals surface area contributed by atoms with E-state index in [1.807, 2.05) is 7.05 Å². The summed E-state index contributed by atoms with van der Waals surface area (Å²) < 4.78 is 41.1. The first-order valence-corrected chi connectivity index (χ1v) is 7.96. The van der Waals surface area contributed by atoms with Crippen molar-refractivity contribution >= 4 is 0 Å². The number of nitrogens with zero attached hydrogens (tertiary/aromatic N) is 2. The number of H-pyrrole nitrogens is 1. The molecule has 1 atom stereocenters. The standard InChI is InChI=1S/C17H18F3N3O2/c1-23-7-3-5-12(10-23)14-9-15(24)22-16(21-14)11-4-2-6-13(8-11)25-17(18,19)20/h2,4,6,8-9,12H,3,5,7,10H2,1H3,(H,21,22,24)/t12-/m0/s1. The van der Waals surface area contributed by atoms with E-state index in [1.54, 1.807) is 6.07 Å². The minimum atomic E-state index is -4.77. The second kappa shape index (κ2) is 6.87. The molecule has 1 aromatic heterocycles. The van der Waals surface area contributed by atoms with Crippen molar-refractivity contribution in [3.63, 3.8) is 0 Å². The van der Waals surface area contributed by atoms with Gasteiger partial charge in [-0.3, -0.25) is 4.79 Å². The molecule has 25 heavy (non-hydrogen) atoms. The van der Waals surface area contributed by atoms with Gasteiger partial charge in [0.25, 0.3) is 5.56 Å². The van der Waals surface area contributed by atoms with Gasteiger partial charge in [-0.2, -0.15) is 0 Å². The molecule has 5 nitrogen and oxygen atoms in total. The Hall–Kier alpha value is -2.35. The first kappa shape index (κ1) is 17.5. The van der Waals surface area contributed by atoms with Crippen LogP contribution in [-0.4, -0.2) is 41.4 Å². The van der Waals surface area contributed by atoms with Crippen LogP contribution in [0, 0.1) is 0 Å². The van der Waals surface area contributed by atoms with Crippen LogP contribution in [0.5, 0.6) is 5.75 Å². The van der Waals surface area contributed by atoms with Crippen LogP contribution in [0.25, 0.3) is 11.4 Å². The zero-order chi connectivity index (χ0) is 18.0. The van der Waals surface area contributed by atoms with Gasteiger partial charge in [0.15, 0.2) is 0 Å². The van der Waals surface area contributed by atoms with Gasteiger partial charge in [-0.05, 0) is 38.6 Å². The molecule has 0 unspecified atom stereocenters. The predicted octanol–water partition coefficient (Wildman–Crippen LogP) is 3.14. The number of piperidine rings is 1. The first-order chi connectivity index (χ1) is 11.8. The third-order valence-corrected chi connectivity index (χ3v) is 4.15. The highest BCUT2D eigenvalue weighted by Crippen LogP contribution is 2.28. The molecular formula is C17H18F3N3O2. The Kier molecular flexibility index (Phi) is 4.80. The van der Waals surface area contributed by atoms with Crippen LogP contribution in [0.15, 0.2) is 35.1 Å². The molecule has 3 rings (SSSR count). The highest BCUT2D eigenvalue weighted by atomic mass is 19.4. The fraction of sp³-hybridized carbons (Fsp3) is 0.412. The quantitative estimate of drug-likeness (QED) is 0.921.